The van der Waals surface area contributed by atoms with Crippen LogP contribution in [0.5, 0.6) is 0 Å². The molecule has 0 radical (unpaired) electrons. The van der Waals surface area contributed by atoms with Gasteiger partial charge < -0.3 is 5.73 Å². The van der Waals surface area contributed by atoms with E-state index in [0.717, 1.165) is 11.1 Å². The summed E-state index contributed by atoms with van der Waals surface area (Å²) < 4.78 is 25.7. The minimum atomic E-state index is -3.36. The summed E-state index contributed by atoms with van der Waals surface area (Å²) in [4.78, 5) is 0.373. The van der Waals surface area contributed by atoms with Gasteiger partial charge >= 0.3 is 0 Å². The molecule has 1 aliphatic carbocycles. The van der Waals surface area contributed by atoms with Gasteiger partial charge in [-0.15, -0.1) is 0 Å². The van der Waals surface area contributed by atoms with Crippen molar-refractivity contribution >= 4 is 21.4 Å². The van der Waals surface area contributed by atoms with E-state index in [1.807, 2.05) is 31.2 Å². The standard InChI is InChI=1S/C17H18ClNO2S/c1-11-2-8-14(9-3-11)22(20,21)17-15(10-19)16(17)12-4-6-13(18)7-5-12/h2-9,15-17H,10,19H2,1H3/t15-,16+,17-/m1/s1. The van der Waals surface area contributed by atoms with Crippen LogP contribution in [0.1, 0.15) is 17.0 Å². The molecule has 22 heavy (non-hydrogen) atoms. The third-order valence-corrected chi connectivity index (χ3v) is 6.87. The molecule has 2 aromatic rings. The molecule has 3 rings (SSSR count). The molecule has 1 saturated carbocycles. The lowest BCUT2D eigenvalue weighted by molar-refractivity contribution is 0.591. The van der Waals surface area contributed by atoms with Crippen molar-refractivity contribution in [1.29, 1.82) is 0 Å². The van der Waals surface area contributed by atoms with Crippen molar-refractivity contribution in [3.8, 4) is 0 Å². The molecular weight excluding hydrogens is 318 g/mol. The zero-order valence-electron chi connectivity index (χ0n) is 12.2. The topological polar surface area (TPSA) is 60.2 Å². The average Bonchev–Trinajstić information content (AvgIpc) is 3.24. The zero-order chi connectivity index (χ0) is 15.9. The van der Waals surface area contributed by atoms with Gasteiger partial charge in [-0.2, -0.15) is 0 Å². The molecular formula is C17H18ClNO2S. The minimum Gasteiger partial charge on any atom is -0.330 e. The van der Waals surface area contributed by atoms with E-state index in [0.29, 0.717) is 16.5 Å². The van der Waals surface area contributed by atoms with Gasteiger partial charge in [-0.3, -0.25) is 0 Å². The molecule has 1 fully saturated rings. The van der Waals surface area contributed by atoms with Crippen LogP contribution in [-0.2, 0) is 9.84 Å². The summed E-state index contributed by atoms with van der Waals surface area (Å²) >= 11 is 5.90. The smallest absolute Gasteiger partial charge is 0.182 e. The van der Waals surface area contributed by atoms with Gasteiger partial charge in [0.15, 0.2) is 9.84 Å². The molecule has 0 unspecified atom stereocenters. The van der Waals surface area contributed by atoms with Crippen molar-refractivity contribution in [2.75, 3.05) is 6.54 Å². The van der Waals surface area contributed by atoms with Crippen molar-refractivity contribution < 1.29 is 8.42 Å². The van der Waals surface area contributed by atoms with E-state index in [1.165, 1.54) is 0 Å². The van der Waals surface area contributed by atoms with Gasteiger partial charge in [-0.05, 0) is 49.2 Å². The molecule has 0 saturated heterocycles. The molecule has 0 spiro atoms. The molecule has 5 heteroatoms. The Bertz CT molecular complexity index is 769. The Hall–Kier alpha value is -1.36. The van der Waals surface area contributed by atoms with E-state index in [4.69, 9.17) is 17.3 Å². The zero-order valence-corrected chi connectivity index (χ0v) is 13.8. The lowest BCUT2D eigenvalue weighted by atomic mass is 10.1. The second-order valence-electron chi connectivity index (χ2n) is 5.80. The fourth-order valence-corrected chi connectivity index (χ4v) is 5.40. The summed E-state index contributed by atoms with van der Waals surface area (Å²) in [5.74, 6) is -0.0824. The molecule has 1 aliphatic rings. The Balaban J connectivity index is 1.93. The Morgan fingerprint density at radius 2 is 1.64 bits per heavy atom. The molecule has 3 nitrogen and oxygen atoms in total. The largest absolute Gasteiger partial charge is 0.330 e. The van der Waals surface area contributed by atoms with Crippen LogP contribution in [0.3, 0.4) is 0 Å². The van der Waals surface area contributed by atoms with Gasteiger partial charge in [0.1, 0.15) is 0 Å². The van der Waals surface area contributed by atoms with E-state index >= 15 is 0 Å². The lowest BCUT2D eigenvalue weighted by Gasteiger charge is -2.05. The highest BCUT2D eigenvalue weighted by molar-refractivity contribution is 7.92. The number of rotatable bonds is 4. The summed E-state index contributed by atoms with van der Waals surface area (Å²) in [6.45, 7) is 2.30. The fraction of sp³-hybridized carbons (Fsp3) is 0.294. The maximum atomic E-state index is 12.8. The van der Waals surface area contributed by atoms with E-state index in [2.05, 4.69) is 0 Å². The first kappa shape index (κ1) is 15.5. The molecule has 2 aromatic carbocycles. The van der Waals surface area contributed by atoms with Crippen LogP contribution >= 0.6 is 11.6 Å². The molecule has 0 bridgehead atoms. The summed E-state index contributed by atoms with van der Waals surface area (Å²) in [5.41, 5.74) is 7.82. The molecule has 0 heterocycles. The highest BCUT2D eigenvalue weighted by atomic mass is 35.5. The van der Waals surface area contributed by atoms with Crippen LogP contribution < -0.4 is 5.73 Å². The number of sulfone groups is 1. The van der Waals surface area contributed by atoms with E-state index in [1.54, 1.807) is 24.3 Å². The minimum absolute atomic E-state index is 0.0347. The van der Waals surface area contributed by atoms with Crippen LogP contribution in [0.15, 0.2) is 53.4 Å². The summed E-state index contributed by atoms with van der Waals surface area (Å²) in [6.07, 6.45) is 0. The highest BCUT2D eigenvalue weighted by Gasteiger charge is 2.57. The maximum absolute atomic E-state index is 12.8. The number of nitrogens with two attached hydrogens (primary N) is 1. The maximum Gasteiger partial charge on any atom is 0.182 e. The van der Waals surface area contributed by atoms with Gasteiger partial charge in [0, 0.05) is 10.9 Å². The van der Waals surface area contributed by atoms with Crippen LogP contribution in [0.25, 0.3) is 0 Å². The second-order valence-corrected chi connectivity index (χ2v) is 8.34. The number of hydrogen-bond donors (Lipinski definition) is 1. The fourth-order valence-electron chi connectivity index (χ4n) is 3.05. The number of halogens is 1. The summed E-state index contributed by atoms with van der Waals surface area (Å²) in [7, 11) is -3.36. The molecule has 3 atom stereocenters. The van der Waals surface area contributed by atoms with Gasteiger partial charge in [0.05, 0.1) is 10.1 Å². The SMILES string of the molecule is Cc1ccc(S(=O)(=O)[C@@H]2[C@H](CN)[C@@H]2c2ccc(Cl)cc2)cc1. The summed E-state index contributed by atoms with van der Waals surface area (Å²) in [6, 6.07) is 14.4. The molecule has 0 amide bonds. The molecule has 2 N–H and O–H groups in total. The third kappa shape index (κ3) is 2.67. The van der Waals surface area contributed by atoms with E-state index in [9.17, 15) is 8.42 Å². The monoisotopic (exact) mass is 335 g/mol. The first-order valence-electron chi connectivity index (χ1n) is 7.21. The molecule has 0 aromatic heterocycles. The quantitative estimate of drug-likeness (QED) is 0.933. The van der Waals surface area contributed by atoms with Crippen LogP contribution in [-0.4, -0.2) is 20.2 Å². The predicted molar refractivity (Wildman–Crippen MR) is 88.9 cm³/mol. The van der Waals surface area contributed by atoms with Gasteiger partial charge in [0.2, 0.25) is 0 Å². The normalized spacial score (nSPS) is 24.2. The van der Waals surface area contributed by atoms with E-state index < -0.39 is 15.1 Å². The first-order valence-corrected chi connectivity index (χ1v) is 9.13. The van der Waals surface area contributed by atoms with Crippen molar-refractivity contribution in [2.24, 2.45) is 11.7 Å². The molecule has 116 valence electrons. The Morgan fingerprint density at radius 1 is 1.05 bits per heavy atom. The molecule has 0 aliphatic heterocycles. The third-order valence-electron chi connectivity index (χ3n) is 4.33. The number of benzene rings is 2. The van der Waals surface area contributed by atoms with Crippen molar-refractivity contribution in [3.63, 3.8) is 0 Å². The van der Waals surface area contributed by atoms with Crippen molar-refractivity contribution in [2.45, 2.75) is 23.0 Å². The number of aryl methyl sites for hydroxylation is 1. The van der Waals surface area contributed by atoms with Crippen LogP contribution in [0.2, 0.25) is 5.02 Å². The lowest BCUT2D eigenvalue weighted by Crippen LogP contribution is -2.13. The van der Waals surface area contributed by atoms with Crippen molar-refractivity contribution in [1.82, 2.24) is 0 Å². The van der Waals surface area contributed by atoms with Crippen molar-refractivity contribution in [3.05, 3.63) is 64.7 Å². The van der Waals surface area contributed by atoms with E-state index in [-0.39, 0.29) is 11.8 Å². The van der Waals surface area contributed by atoms with Crippen LogP contribution in [0.4, 0.5) is 0 Å². The van der Waals surface area contributed by atoms with Gasteiger partial charge in [0.25, 0.3) is 0 Å². The van der Waals surface area contributed by atoms with Gasteiger partial charge in [-0.1, -0.05) is 41.4 Å². The van der Waals surface area contributed by atoms with Crippen LogP contribution in [0, 0.1) is 12.8 Å². The average molecular weight is 336 g/mol. The Labute approximate surface area is 136 Å². The first-order chi connectivity index (χ1) is 10.4. The van der Waals surface area contributed by atoms with Gasteiger partial charge in [-0.25, -0.2) is 8.42 Å². The Morgan fingerprint density at radius 3 is 2.18 bits per heavy atom. The predicted octanol–water partition coefficient (Wildman–Crippen LogP) is 3.16. The Kier molecular flexibility index (Phi) is 4.02. The summed E-state index contributed by atoms with van der Waals surface area (Å²) in [5, 5.41) is 0.202. The second kappa shape index (κ2) is 5.69. The highest BCUT2D eigenvalue weighted by Crippen LogP contribution is 2.53. The number of hydrogen-bond acceptors (Lipinski definition) is 3.